The van der Waals surface area contributed by atoms with Crippen LogP contribution in [0.1, 0.15) is 46.0 Å². The largest absolute Gasteiger partial charge is 0.376 e. The van der Waals surface area contributed by atoms with Gasteiger partial charge in [0.2, 0.25) is 0 Å². The topological polar surface area (TPSA) is 62.4 Å². The minimum Gasteiger partial charge on any atom is -0.376 e. The molecule has 126 valence electrons. The second-order valence-corrected chi connectivity index (χ2v) is 5.98. The fourth-order valence-electron chi connectivity index (χ4n) is 2.97. The summed E-state index contributed by atoms with van der Waals surface area (Å²) in [4.78, 5) is 29.6. The van der Waals surface area contributed by atoms with E-state index in [4.69, 9.17) is 4.74 Å². The quantitative estimate of drug-likeness (QED) is 0.830. The molecule has 1 aliphatic rings. The lowest BCUT2D eigenvalue weighted by atomic mass is 10.0. The molecule has 0 saturated carbocycles. The standard InChI is InChI=1S/C19H22N2O3/c1-2-21(13-17-4-3-11-24-17)19(23)15-7-5-14(6-8-15)18(22)16-9-10-20-12-16/h5-10,12,17,20H,2-4,11,13H2,1H3/t17-/m0/s1. The fraction of sp³-hybridized carbons (Fsp3) is 0.368. The number of ether oxygens (including phenoxy) is 1. The molecule has 2 heterocycles. The normalized spacial score (nSPS) is 17.0. The summed E-state index contributed by atoms with van der Waals surface area (Å²) in [5.41, 5.74) is 1.79. The van der Waals surface area contributed by atoms with Crippen LogP contribution in [-0.2, 0) is 4.74 Å². The van der Waals surface area contributed by atoms with Crippen LogP contribution < -0.4 is 0 Å². The number of benzene rings is 1. The van der Waals surface area contributed by atoms with Gasteiger partial charge < -0.3 is 14.6 Å². The molecule has 1 saturated heterocycles. The number of likely N-dealkylation sites (N-methyl/N-ethyl adjacent to an activating group) is 1. The van der Waals surface area contributed by atoms with Crippen LogP contribution in [0.3, 0.4) is 0 Å². The first-order chi connectivity index (χ1) is 11.7. The van der Waals surface area contributed by atoms with Gasteiger partial charge in [-0.2, -0.15) is 0 Å². The maximum Gasteiger partial charge on any atom is 0.253 e. The number of H-pyrrole nitrogens is 1. The second-order valence-electron chi connectivity index (χ2n) is 5.98. The van der Waals surface area contributed by atoms with E-state index in [2.05, 4.69) is 4.98 Å². The highest BCUT2D eigenvalue weighted by Crippen LogP contribution is 2.16. The zero-order valence-electron chi connectivity index (χ0n) is 13.8. The van der Waals surface area contributed by atoms with E-state index < -0.39 is 0 Å². The third-order valence-electron chi connectivity index (χ3n) is 4.37. The van der Waals surface area contributed by atoms with Crippen molar-refractivity contribution in [2.24, 2.45) is 0 Å². The summed E-state index contributed by atoms with van der Waals surface area (Å²) in [6.07, 6.45) is 5.60. The van der Waals surface area contributed by atoms with Crippen molar-refractivity contribution in [3.05, 3.63) is 59.4 Å². The minimum absolute atomic E-state index is 0.0198. The molecule has 1 N–H and O–H groups in total. The van der Waals surface area contributed by atoms with Gasteiger partial charge in [0.05, 0.1) is 6.10 Å². The minimum atomic E-state index is -0.0537. The summed E-state index contributed by atoms with van der Waals surface area (Å²) in [7, 11) is 0. The van der Waals surface area contributed by atoms with Crippen LogP contribution in [-0.4, -0.2) is 47.4 Å². The Kier molecular flexibility index (Phi) is 5.11. The summed E-state index contributed by atoms with van der Waals surface area (Å²) in [6, 6.07) is 8.60. The third-order valence-corrected chi connectivity index (χ3v) is 4.37. The van der Waals surface area contributed by atoms with E-state index in [0.717, 1.165) is 19.4 Å². The Morgan fingerprint density at radius 3 is 2.50 bits per heavy atom. The molecule has 3 rings (SSSR count). The van der Waals surface area contributed by atoms with Crippen molar-refractivity contribution in [1.82, 2.24) is 9.88 Å². The summed E-state index contributed by atoms with van der Waals surface area (Å²) >= 11 is 0. The van der Waals surface area contributed by atoms with Crippen molar-refractivity contribution < 1.29 is 14.3 Å². The Labute approximate surface area is 141 Å². The van der Waals surface area contributed by atoms with Crippen molar-refractivity contribution in [3.63, 3.8) is 0 Å². The number of rotatable bonds is 6. The lowest BCUT2D eigenvalue weighted by molar-refractivity contribution is 0.0539. The number of aromatic nitrogens is 1. The Bertz CT molecular complexity index is 686. The van der Waals surface area contributed by atoms with Crippen LogP contribution >= 0.6 is 0 Å². The molecule has 5 heteroatoms. The van der Waals surface area contributed by atoms with E-state index >= 15 is 0 Å². The molecule has 1 fully saturated rings. The zero-order chi connectivity index (χ0) is 16.9. The van der Waals surface area contributed by atoms with Crippen LogP contribution in [0, 0.1) is 0 Å². The molecule has 24 heavy (non-hydrogen) atoms. The van der Waals surface area contributed by atoms with E-state index in [1.54, 1.807) is 47.6 Å². The highest BCUT2D eigenvalue weighted by atomic mass is 16.5. The lowest BCUT2D eigenvalue weighted by Crippen LogP contribution is -2.37. The third kappa shape index (κ3) is 3.57. The van der Waals surface area contributed by atoms with Gasteiger partial charge in [-0.3, -0.25) is 9.59 Å². The number of nitrogens with one attached hydrogen (secondary N) is 1. The number of carbonyl (C=O) groups is 2. The van der Waals surface area contributed by atoms with Gasteiger partial charge in [0.25, 0.3) is 5.91 Å². The van der Waals surface area contributed by atoms with Crippen molar-refractivity contribution in [1.29, 1.82) is 0 Å². The molecule has 0 bridgehead atoms. The lowest BCUT2D eigenvalue weighted by Gasteiger charge is -2.24. The molecule has 1 atom stereocenters. The Morgan fingerprint density at radius 2 is 1.92 bits per heavy atom. The van der Waals surface area contributed by atoms with Gasteiger partial charge in [-0.1, -0.05) is 12.1 Å². The van der Waals surface area contributed by atoms with Crippen molar-refractivity contribution in [3.8, 4) is 0 Å². The highest BCUT2D eigenvalue weighted by molar-refractivity contribution is 6.09. The van der Waals surface area contributed by atoms with E-state index in [1.807, 2.05) is 6.92 Å². The van der Waals surface area contributed by atoms with Crippen LogP contribution in [0.2, 0.25) is 0 Å². The molecule has 0 spiro atoms. The van der Waals surface area contributed by atoms with Gasteiger partial charge in [-0.25, -0.2) is 0 Å². The first-order valence-electron chi connectivity index (χ1n) is 8.37. The van der Waals surface area contributed by atoms with Gasteiger partial charge in [0.15, 0.2) is 5.78 Å². The number of amides is 1. The predicted octanol–water partition coefficient (Wildman–Crippen LogP) is 2.89. The number of aromatic amines is 1. The molecule has 0 unspecified atom stereocenters. The van der Waals surface area contributed by atoms with Gasteiger partial charge >= 0.3 is 0 Å². The number of hydrogen-bond donors (Lipinski definition) is 1. The zero-order valence-corrected chi connectivity index (χ0v) is 13.8. The maximum atomic E-state index is 12.7. The Balaban J connectivity index is 1.69. The van der Waals surface area contributed by atoms with Gasteiger partial charge in [0.1, 0.15) is 0 Å². The first kappa shape index (κ1) is 16.5. The molecule has 1 aliphatic heterocycles. The number of nitrogens with zero attached hydrogens (tertiary/aromatic N) is 1. The Morgan fingerprint density at radius 1 is 1.17 bits per heavy atom. The SMILES string of the molecule is CCN(C[C@@H]1CCCO1)C(=O)c1ccc(C(=O)c2cc[nH]c2)cc1. The molecular weight excluding hydrogens is 304 g/mol. The van der Waals surface area contributed by atoms with Gasteiger partial charge in [-0.05, 0) is 38.0 Å². The predicted molar refractivity (Wildman–Crippen MR) is 91.2 cm³/mol. The monoisotopic (exact) mass is 326 g/mol. The van der Waals surface area contributed by atoms with Crippen LogP contribution in [0.25, 0.3) is 0 Å². The van der Waals surface area contributed by atoms with Crippen molar-refractivity contribution in [2.75, 3.05) is 19.7 Å². The molecule has 2 aromatic rings. The average Bonchev–Trinajstić information content (AvgIpc) is 3.32. The molecule has 0 aliphatic carbocycles. The summed E-state index contributed by atoms with van der Waals surface area (Å²) in [6.45, 7) is 4.02. The average molecular weight is 326 g/mol. The van der Waals surface area contributed by atoms with Crippen LogP contribution in [0.15, 0.2) is 42.7 Å². The Hall–Kier alpha value is -2.40. The molecule has 1 aromatic heterocycles. The second kappa shape index (κ2) is 7.45. The summed E-state index contributed by atoms with van der Waals surface area (Å²) in [5.74, 6) is -0.0735. The smallest absolute Gasteiger partial charge is 0.253 e. The van der Waals surface area contributed by atoms with Crippen molar-refractivity contribution >= 4 is 11.7 Å². The number of hydrogen-bond acceptors (Lipinski definition) is 3. The van der Waals surface area contributed by atoms with E-state index in [1.165, 1.54) is 0 Å². The first-order valence-corrected chi connectivity index (χ1v) is 8.37. The maximum absolute atomic E-state index is 12.7. The molecule has 5 nitrogen and oxygen atoms in total. The van der Waals surface area contributed by atoms with E-state index in [-0.39, 0.29) is 17.8 Å². The molecular formula is C19H22N2O3. The highest BCUT2D eigenvalue weighted by Gasteiger charge is 2.22. The van der Waals surface area contributed by atoms with Crippen molar-refractivity contribution in [2.45, 2.75) is 25.9 Å². The number of ketones is 1. The number of carbonyl (C=O) groups excluding carboxylic acids is 2. The van der Waals surface area contributed by atoms with E-state index in [0.29, 0.717) is 29.8 Å². The molecule has 0 radical (unpaired) electrons. The van der Waals surface area contributed by atoms with E-state index in [9.17, 15) is 9.59 Å². The summed E-state index contributed by atoms with van der Waals surface area (Å²) < 4.78 is 5.62. The summed E-state index contributed by atoms with van der Waals surface area (Å²) in [5, 5.41) is 0. The van der Waals surface area contributed by atoms with Crippen LogP contribution in [0.5, 0.6) is 0 Å². The fourth-order valence-corrected chi connectivity index (χ4v) is 2.97. The molecule has 1 amide bonds. The van der Waals surface area contributed by atoms with Crippen LogP contribution in [0.4, 0.5) is 0 Å². The van der Waals surface area contributed by atoms with Gasteiger partial charge in [0, 0.05) is 48.8 Å². The van der Waals surface area contributed by atoms with Gasteiger partial charge in [-0.15, -0.1) is 0 Å². The molecule has 1 aromatic carbocycles.